The van der Waals surface area contributed by atoms with E-state index in [2.05, 4.69) is 10.3 Å². The quantitative estimate of drug-likeness (QED) is 0.896. The van der Waals surface area contributed by atoms with Gasteiger partial charge in [0.05, 0.1) is 17.9 Å². The van der Waals surface area contributed by atoms with Crippen molar-refractivity contribution in [2.75, 3.05) is 25.0 Å². The fourth-order valence-electron chi connectivity index (χ4n) is 2.44. The van der Waals surface area contributed by atoms with Crippen molar-refractivity contribution in [3.8, 4) is 0 Å². The molecule has 1 fully saturated rings. The predicted molar refractivity (Wildman–Crippen MR) is 81.8 cm³/mol. The van der Waals surface area contributed by atoms with Gasteiger partial charge in [-0.15, -0.1) is 0 Å². The summed E-state index contributed by atoms with van der Waals surface area (Å²) in [6.45, 7) is 7.22. The van der Waals surface area contributed by atoms with Crippen molar-refractivity contribution >= 4 is 15.7 Å². The summed E-state index contributed by atoms with van der Waals surface area (Å²) >= 11 is 0. The number of morpholine rings is 1. The van der Waals surface area contributed by atoms with Gasteiger partial charge < -0.3 is 10.1 Å². The third-order valence-corrected chi connectivity index (χ3v) is 5.10. The van der Waals surface area contributed by atoms with Gasteiger partial charge in [0.15, 0.2) is 5.03 Å². The van der Waals surface area contributed by atoms with Crippen molar-refractivity contribution in [1.29, 1.82) is 0 Å². The smallest absolute Gasteiger partial charge is 0.262 e. The molecule has 1 aromatic rings. The Hall–Kier alpha value is -1.18. The first-order chi connectivity index (χ1) is 9.95. The largest absolute Gasteiger partial charge is 0.383 e. The average Bonchev–Trinajstić information content (AvgIpc) is 2.44. The Kier molecular flexibility index (Phi) is 5.18. The summed E-state index contributed by atoms with van der Waals surface area (Å²) in [6, 6.07) is 3.49. The number of nitrogens with one attached hydrogen (secondary N) is 1. The van der Waals surface area contributed by atoms with Crippen LogP contribution in [0.15, 0.2) is 23.4 Å². The number of ether oxygens (including phenoxy) is 1. The number of hydrogen-bond donors (Lipinski definition) is 1. The van der Waals surface area contributed by atoms with E-state index in [9.17, 15) is 8.42 Å². The molecule has 1 saturated heterocycles. The molecule has 6 nitrogen and oxygen atoms in total. The van der Waals surface area contributed by atoms with Gasteiger partial charge in [-0.2, -0.15) is 4.31 Å². The van der Waals surface area contributed by atoms with Crippen LogP contribution in [0.1, 0.15) is 27.2 Å². The molecule has 0 aromatic carbocycles. The molecular weight excluding hydrogens is 290 g/mol. The lowest BCUT2D eigenvalue weighted by molar-refractivity contribution is -0.0441. The van der Waals surface area contributed by atoms with Crippen molar-refractivity contribution in [2.45, 2.75) is 44.4 Å². The Labute approximate surface area is 126 Å². The highest BCUT2D eigenvalue weighted by atomic mass is 32.2. The third kappa shape index (κ3) is 3.72. The summed E-state index contributed by atoms with van der Waals surface area (Å²) in [5.41, 5.74) is 0.561. The molecule has 1 aromatic heterocycles. The van der Waals surface area contributed by atoms with E-state index in [1.54, 1.807) is 12.1 Å². The molecular formula is C14H23N3O3S. The molecule has 2 rings (SSSR count). The Morgan fingerprint density at radius 1 is 1.38 bits per heavy atom. The Bertz CT molecular complexity index is 567. The Morgan fingerprint density at radius 3 is 2.67 bits per heavy atom. The van der Waals surface area contributed by atoms with Gasteiger partial charge in [-0.3, -0.25) is 0 Å². The van der Waals surface area contributed by atoms with Gasteiger partial charge in [0.25, 0.3) is 10.0 Å². The normalized spacial score (nSPS) is 24.0. The van der Waals surface area contributed by atoms with Crippen LogP contribution in [0.5, 0.6) is 0 Å². The molecule has 0 spiro atoms. The molecule has 0 amide bonds. The molecule has 2 heterocycles. The van der Waals surface area contributed by atoms with Gasteiger partial charge in [-0.05, 0) is 32.4 Å². The number of hydrogen-bond acceptors (Lipinski definition) is 5. The molecule has 2 atom stereocenters. The van der Waals surface area contributed by atoms with Crippen LogP contribution >= 0.6 is 0 Å². The zero-order chi connectivity index (χ0) is 15.5. The fourth-order valence-corrected chi connectivity index (χ4v) is 4.11. The lowest BCUT2D eigenvalue weighted by Gasteiger charge is -2.34. The summed E-state index contributed by atoms with van der Waals surface area (Å²) < 4.78 is 32.7. The van der Waals surface area contributed by atoms with E-state index in [0.717, 1.165) is 6.42 Å². The van der Waals surface area contributed by atoms with Crippen molar-refractivity contribution in [1.82, 2.24) is 9.29 Å². The van der Waals surface area contributed by atoms with Gasteiger partial charge >= 0.3 is 0 Å². The maximum Gasteiger partial charge on any atom is 0.262 e. The highest BCUT2D eigenvalue weighted by Crippen LogP contribution is 2.25. The van der Waals surface area contributed by atoms with E-state index in [4.69, 9.17) is 4.74 Å². The minimum Gasteiger partial charge on any atom is -0.383 e. The monoisotopic (exact) mass is 313 g/mol. The zero-order valence-corrected chi connectivity index (χ0v) is 13.6. The maximum atomic E-state index is 12.8. The predicted octanol–water partition coefficient (Wildman–Crippen LogP) is 1.70. The second-order valence-electron chi connectivity index (χ2n) is 5.36. The molecule has 21 heavy (non-hydrogen) atoms. The average molecular weight is 313 g/mol. The number of anilines is 1. The minimum atomic E-state index is -3.61. The fraction of sp³-hybridized carbons (Fsp3) is 0.643. The van der Waals surface area contributed by atoms with E-state index in [1.807, 2.05) is 20.8 Å². The van der Waals surface area contributed by atoms with E-state index >= 15 is 0 Å². The minimum absolute atomic E-state index is 0.0970. The topological polar surface area (TPSA) is 71.5 Å². The van der Waals surface area contributed by atoms with E-state index in [-0.39, 0.29) is 17.2 Å². The van der Waals surface area contributed by atoms with Crippen LogP contribution < -0.4 is 5.32 Å². The van der Waals surface area contributed by atoms with Crippen molar-refractivity contribution in [3.63, 3.8) is 0 Å². The molecule has 0 saturated carbocycles. The summed E-state index contributed by atoms with van der Waals surface area (Å²) in [4.78, 5) is 4.10. The van der Waals surface area contributed by atoms with Crippen LogP contribution in [-0.2, 0) is 14.8 Å². The number of aromatic nitrogens is 1. The lowest BCUT2D eigenvalue weighted by Crippen LogP contribution is -2.48. The summed E-state index contributed by atoms with van der Waals surface area (Å²) in [5, 5.41) is 3.23. The molecule has 1 N–H and O–H groups in total. The molecule has 7 heteroatoms. The number of pyridine rings is 1. The second-order valence-corrected chi connectivity index (χ2v) is 7.22. The van der Waals surface area contributed by atoms with Gasteiger partial charge in [-0.25, -0.2) is 13.4 Å². The van der Waals surface area contributed by atoms with Crippen molar-refractivity contribution in [3.05, 3.63) is 18.3 Å². The molecule has 0 radical (unpaired) electrons. The molecule has 0 unspecified atom stereocenters. The van der Waals surface area contributed by atoms with Gasteiger partial charge in [0.2, 0.25) is 0 Å². The molecule has 0 bridgehead atoms. The van der Waals surface area contributed by atoms with E-state index in [1.165, 1.54) is 10.5 Å². The van der Waals surface area contributed by atoms with Crippen molar-refractivity contribution in [2.24, 2.45) is 0 Å². The Morgan fingerprint density at radius 2 is 2.05 bits per heavy atom. The number of rotatable bonds is 5. The summed E-state index contributed by atoms with van der Waals surface area (Å²) in [5.74, 6) is 0. The first-order valence-electron chi connectivity index (χ1n) is 7.29. The third-order valence-electron chi connectivity index (χ3n) is 3.31. The highest BCUT2D eigenvalue weighted by Gasteiger charge is 2.34. The van der Waals surface area contributed by atoms with Gasteiger partial charge in [-0.1, -0.05) is 6.92 Å². The SMILES string of the molecule is CCCNc1cccnc1S(=O)(=O)N1C[C@@H](C)O[C@@H](C)C1. The standard InChI is InChI=1S/C14H23N3O3S/c1-4-7-15-13-6-5-8-16-14(13)21(18,19)17-9-11(2)20-12(3)10-17/h5-6,8,11-12,15H,4,7,9-10H2,1-3H3/t11-,12+. The van der Waals surface area contributed by atoms with Crippen LogP contribution in [0.4, 0.5) is 5.69 Å². The van der Waals surface area contributed by atoms with Crippen LogP contribution in [0.25, 0.3) is 0 Å². The second kappa shape index (κ2) is 6.72. The molecule has 1 aliphatic rings. The lowest BCUT2D eigenvalue weighted by atomic mass is 10.3. The first kappa shape index (κ1) is 16.2. The molecule has 1 aliphatic heterocycles. The van der Waals surface area contributed by atoms with Crippen LogP contribution in [-0.4, -0.2) is 49.5 Å². The van der Waals surface area contributed by atoms with Crippen LogP contribution in [0, 0.1) is 0 Å². The highest BCUT2D eigenvalue weighted by molar-refractivity contribution is 7.89. The van der Waals surface area contributed by atoms with Gasteiger partial charge in [0.1, 0.15) is 0 Å². The van der Waals surface area contributed by atoms with Crippen LogP contribution in [0.2, 0.25) is 0 Å². The van der Waals surface area contributed by atoms with Crippen molar-refractivity contribution < 1.29 is 13.2 Å². The molecule has 0 aliphatic carbocycles. The van der Waals surface area contributed by atoms with Gasteiger partial charge in [0, 0.05) is 25.8 Å². The van der Waals surface area contributed by atoms with E-state index in [0.29, 0.717) is 25.3 Å². The molecule has 118 valence electrons. The Balaban J connectivity index is 2.31. The van der Waals surface area contributed by atoms with E-state index < -0.39 is 10.0 Å². The first-order valence-corrected chi connectivity index (χ1v) is 8.73. The number of nitrogens with zero attached hydrogens (tertiary/aromatic N) is 2. The number of sulfonamides is 1. The maximum absolute atomic E-state index is 12.8. The summed E-state index contributed by atoms with van der Waals surface area (Å²) in [7, 11) is -3.61. The van der Waals surface area contributed by atoms with Crippen LogP contribution in [0.3, 0.4) is 0 Å². The zero-order valence-electron chi connectivity index (χ0n) is 12.7. The summed E-state index contributed by atoms with van der Waals surface area (Å²) in [6.07, 6.45) is 2.20.